The second-order valence-corrected chi connectivity index (χ2v) is 13.9. The van der Waals surface area contributed by atoms with Gasteiger partial charge in [0.05, 0.1) is 13.2 Å². The molecule has 0 bridgehead atoms. The third kappa shape index (κ3) is 15.2. The molecule has 4 aromatic carbocycles. The maximum Gasteiger partial charge on any atom is 0.351 e. The van der Waals surface area contributed by atoms with E-state index in [0.29, 0.717) is 43.1 Å². The third-order valence-electron chi connectivity index (χ3n) is 9.59. The number of rotatable bonds is 20. The molecule has 0 saturated carbocycles. The standard InChI is InChI=1S/C43H53N7O6.ClH/c44-38(29-32-9-3-1-4-10-32)42(51)55-48-40(46)34-14-18-36(19-15-34)53-27-7-13-31-22-25-50(26-23-31)24-8-28-54-37-20-16-35(17-21-37)41(47)49-56-43(52)39(45)30-33-11-5-2-6-12-33;/h1-6,9-12,14-21,31,38-39H,7-8,13,22-30,44-45H2,(H2,46,48)(H2,47,49);1H/t38-,39-;/m0./s1. The van der Waals surface area contributed by atoms with E-state index >= 15 is 0 Å². The van der Waals surface area contributed by atoms with E-state index in [-0.39, 0.29) is 24.1 Å². The van der Waals surface area contributed by atoms with Crippen LogP contribution < -0.4 is 32.4 Å². The second-order valence-electron chi connectivity index (χ2n) is 13.9. The highest BCUT2D eigenvalue weighted by atomic mass is 35.5. The summed E-state index contributed by atoms with van der Waals surface area (Å²) in [7, 11) is 0. The van der Waals surface area contributed by atoms with Crippen molar-refractivity contribution in [2.24, 2.45) is 39.2 Å². The van der Waals surface area contributed by atoms with Crippen LogP contribution in [0.5, 0.6) is 11.5 Å². The van der Waals surface area contributed by atoms with Crippen LogP contribution in [0.15, 0.2) is 120 Å². The largest absolute Gasteiger partial charge is 0.494 e. The van der Waals surface area contributed by atoms with Crippen molar-refractivity contribution in [3.05, 3.63) is 131 Å². The lowest BCUT2D eigenvalue weighted by Crippen LogP contribution is -2.35. The van der Waals surface area contributed by atoms with Crippen LogP contribution in [0.4, 0.5) is 0 Å². The van der Waals surface area contributed by atoms with E-state index in [4.69, 9.17) is 42.1 Å². The molecule has 13 nitrogen and oxygen atoms in total. The van der Waals surface area contributed by atoms with E-state index in [9.17, 15) is 9.59 Å². The molecular weight excluding hydrogens is 746 g/mol. The zero-order valence-electron chi connectivity index (χ0n) is 32.1. The number of nitrogens with zero attached hydrogens (tertiary/aromatic N) is 3. The van der Waals surface area contributed by atoms with E-state index in [2.05, 4.69) is 15.2 Å². The molecule has 0 amide bonds. The van der Waals surface area contributed by atoms with Gasteiger partial charge in [-0.25, -0.2) is 9.59 Å². The number of oxime groups is 2. The fourth-order valence-corrected chi connectivity index (χ4v) is 6.31. The molecule has 1 aliphatic heterocycles. The Morgan fingerprint density at radius 2 is 1.05 bits per heavy atom. The Bertz CT molecular complexity index is 1720. The smallest absolute Gasteiger partial charge is 0.351 e. The van der Waals surface area contributed by atoms with Crippen LogP contribution in [0.3, 0.4) is 0 Å². The molecule has 304 valence electrons. The number of likely N-dealkylation sites (tertiary alicyclic amines) is 1. The van der Waals surface area contributed by atoms with Gasteiger partial charge in [-0.15, -0.1) is 12.4 Å². The molecule has 14 heteroatoms. The number of nitrogens with two attached hydrogens (primary N) is 4. The normalized spacial score (nSPS) is 14.8. The first kappa shape index (κ1) is 44.2. The minimum absolute atomic E-state index is 0. The lowest BCUT2D eigenvalue weighted by Gasteiger charge is -2.32. The van der Waals surface area contributed by atoms with Crippen LogP contribution in [-0.2, 0) is 32.1 Å². The quantitative estimate of drug-likeness (QED) is 0.0311. The molecule has 2 atom stereocenters. The van der Waals surface area contributed by atoms with Gasteiger partial charge in [0.25, 0.3) is 0 Å². The molecule has 1 saturated heterocycles. The van der Waals surface area contributed by atoms with Gasteiger partial charge in [0, 0.05) is 17.7 Å². The first-order valence-electron chi connectivity index (χ1n) is 19.1. The molecule has 1 heterocycles. The summed E-state index contributed by atoms with van der Waals surface area (Å²) in [6.07, 6.45) is 6.08. The zero-order chi connectivity index (χ0) is 39.5. The summed E-state index contributed by atoms with van der Waals surface area (Å²) in [5.41, 5.74) is 27.1. The molecule has 8 N–H and O–H groups in total. The van der Waals surface area contributed by atoms with Crippen LogP contribution in [0.1, 0.15) is 54.4 Å². The highest BCUT2D eigenvalue weighted by Crippen LogP contribution is 2.23. The van der Waals surface area contributed by atoms with Gasteiger partial charge in [0.15, 0.2) is 11.7 Å². The predicted molar refractivity (Wildman–Crippen MR) is 224 cm³/mol. The number of piperidine rings is 1. The Morgan fingerprint density at radius 1 is 0.632 bits per heavy atom. The highest BCUT2D eigenvalue weighted by molar-refractivity contribution is 5.98. The van der Waals surface area contributed by atoms with Crippen molar-refractivity contribution in [3.63, 3.8) is 0 Å². The van der Waals surface area contributed by atoms with Crippen LogP contribution in [0, 0.1) is 5.92 Å². The highest BCUT2D eigenvalue weighted by Gasteiger charge is 2.20. The van der Waals surface area contributed by atoms with E-state index in [1.165, 1.54) is 12.8 Å². The number of carbonyl (C=O) groups is 2. The van der Waals surface area contributed by atoms with E-state index in [1.54, 1.807) is 24.3 Å². The fourth-order valence-electron chi connectivity index (χ4n) is 6.31. The monoisotopic (exact) mass is 799 g/mol. The molecule has 4 aromatic rings. The van der Waals surface area contributed by atoms with Crippen LogP contribution in [0.2, 0.25) is 0 Å². The Hall–Kier alpha value is -5.47. The SMILES string of the molecule is Cl.NC(=NOC(=O)[C@@H](N)Cc1ccccc1)c1ccc(OCCCC2CCN(CCCOc3ccc(C(N)=NOC(=O)[C@@H](N)Cc4ccccc4)cc3)CC2)cc1. The number of ether oxygens (including phenoxy) is 2. The van der Waals surface area contributed by atoms with Gasteiger partial charge in [-0.2, -0.15) is 0 Å². The maximum absolute atomic E-state index is 12.2. The summed E-state index contributed by atoms with van der Waals surface area (Å²) in [4.78, 5) is 37.0. The van der Waals surface area contributed by atoms with Crippen molar-refractivity contribution in [1.29, 1.82) is 0 Å². The van der Waals surface area contributed by atoms with E-state index < -0.39 is 24.0 Å². The fraction of sp³-hybridized carbons (Fsp3) is 0.349. The summed E-state index contributed by atoms with van der Waals surface area (Å²) >= 11 is 0. The molecule has 5 rings (SSSR count). The van der Waals surface area contributed by atoms with Crippen molar-refractivity contribution in [1.82, 2.24) is 4.90 Å². The minimum Gasteiger partial charge on any atom is -0.494 e. The average Bonchev–Trinajstić information content (AvgIpc) is 3.23. The average molecular weight is 800 g/mol. The van der Waals surface area contributed by atoms with Crippen molar-refractivity contribution >= 4 is 36.0 Å². The van der Waals surface area contributed by atoms with Gasteiger partial charge in [-0.05, 0) is 124 Å². The lowest BCUT2D eigenvalue weighted by atomic mass is 9.92. The Kier molecular flexibility index (Phi) is 18.3. The van der Waals surface area contributed by atoms with Crippen LogP contribution in [-0.4, -0.2) is 73.4 Å². The van der Waals surface area contributed by atoms with E-state index in [0.717, 1.165) is 61.5 Å². The molecule has 0 aliphatic carbocycles. The van der Waals surface area contributed by atoms with Crippen LogP contribution in [0.25, 0.3) is 0 Å². The number of benzene rings is 4. The topological polar surface area (TPSA) is 203 Å². The van der Waals surface area contributed by atoms with Crippen molar-refractivity contribution in [3.8, 4) is 11.5 Å². The zero-order valence-corrected chi connectivity index (χ0v) is 32.9. The summed E-state index contributed by atoms with van der Waals surface area (Å²) in [6, 6.07) is 31.7. The summed E-state index contributed by atoms with van der Waals surface area (Å²) in [6.45, 7) is 4.39. The number of carbonyl (C=O) groups excluding carboxylic acids is 2. The van der Waals surface area contributed by atoms with Crippen LogP contribution >= 0.6 is 12.4 Å². The Balaban J connectivity index is 0.00000720. The third-order valence-corrected chi connectivity index (χ3v) is 9.59. The van der Waals surface area contributed by atoms with Gasteiger partial charge in [0.1, 0.15) is 23.6 Å². The molecule has 0 unspecified atom stereocenters. The van der Waals surface area contributed by atoms with Crippen molar-refractivity contribution in [2.75, 3.05) is 32.8 Å². The molecule has 1 fully saturated rings. The molecule has 0 spiro atoms. The molecule has 57 heavy (non-hydrogen) atoms. The maximum atomic E-state index is 12.2. The number of hydrogen-bond acceptors (Lipinski definition) is 11. The summed E-state index contributed by atoms with van der Waals surface area (Å²) < 4.78 is 11.9. The molecular formula is C43H54ClN7O6. The van der Waals surface area contributed by atoms with Crippen molar-refractivity contribution < 1.29 is 28.7 Å². The van der Waals surface area contributed by atoms with Gasteiger partial charge in [0.2, 0.25) is 0 Å². The number of amidine groups is 2. The van der Waals surface area contributed by atoms with Gasteiger partial charge in [-0.1, -0.05) is 71.0 Å². The van der Waals surface area contributed by atoms with Gasteiger partial charge < -0.3 is 47.0 Å². The van der Waals surface area contributed by atoms with Gasteiger partial charge in [-0.3, -0.25) is 0 Å². The summed E-state index contributed by atoms with van der Waals surface area (Å²) in [5, 5.41) is 7.55. The van der Waals surface area contributed by atoms with Crippen molar-refractivity contribution in [2.45, 2.75) is 57.0 Å². The lowest BCUT2D eigenvalue weighted by molar-refractivity contribution is -0.146. The first-order valence-corrected chi connectivity index (χ1v) is 19.1. The predicted octanol–water partition coefficient (Wildman–Crippen LogP) is 4.92. The first-order chi connectivity index (χ1) is 27.2. The Labute approximate surface area is 340 Å². The summed E-state index contributed by atoms with van der Waals surface area (Å²) in [5.74, 6) is 1.04. The van der Waals surface area contributed by atoms with Gasteiger partial charge >= 0.3 is 11.9 Å². The Morgan fingerprint density at radius 3 is 1.49 bits per heavy atom. The number of halogens is 1. The molecule has 0 aromatic heterocycles. The second kappa shape index (κ2) is 23.6. The molecule has 1 aliphatic rings. The minimum atomic E-state index is -0.840. The van der Waals surface area contributed by atoms with E-state index in [1.807, 2.05) is 84.9 Å². The molecule has 0 radical (unpaired) electrons. The number of hydrogen-bond donors (Lipinski definition) is 4.